The molecule has 20 heavy (non-hydrogen) atoms. The lowest BCUT2D eigenvalue weighted by Crippen LogP contribution is -2.39. The number of amides is 2. The van der Waals surface area contributed by atoms with E-state index in [0.717, 1.165) is 10.7 Å². The first kappa shape index (κ1) is 15.0. The third-order valence-corrected chi connectivity index (χ3v) is 4.23. The highest BCUT2D eigenvalue weighted by Gasteiger charge is 2.27. The Morgan fingerprint density at radius 2 is 2.15 bits per heavy atom. The van der Waals surface area contributed by atoms with Crippen LogP contribution in [0.5, 0.6) is 0 Å². The van der Waals surface area contributed by atoms with Crippen LogP contribution in [0.1, 0.15) is 44.8 Å². The predicted molar refractivity (Wildman–Crippen MR) is 78.5 cm³/mol. The number of nitrogens with zero attached hydrogens (tertiary/aromatic N) is 2. The highest BCUT2D eigenvalue weighted by Crippen LogP contribution is 2.25. The Kier molecular flexibility index (Phi) is 4.13. The number of rotatable bonds is 2. The minimum absolute atomic E-state index is 0.0146. The Morgan fingerprint density at radius 3 is 2.75 bits per heavy atom. The SMILES string of the molecule is CC1CC(=O)NCC(=O)N1Cc1nc(C(C)(C)C)cs1. The lowest BCUT2D eigenvalue weighted by Gasteiger charge is -2.25. The molecule has 0 bridgehead atoms. The van der Waals surface area contributed by atoms with Crippen molar-refractivity contribution in [3.05, 3.63) is 16.1 Å². The highest BCUT2D eigenvalue weighted by atomic mass is 32.1. The smallest absolute Gasteiger partial charge is 0.242 e. The highest BCUT2D eigenvalue weighted by molar-refractivity contribution is 7.09. The number of carbonyl (C=O) groups is 2. The molecule has 1 aromatic heterocycles. The normalized spacial score (nSPS) is 20.8. The molecule has 1 atom stereocenters. The van der Waals surface area contributed by atoms with Crippen molar-refractivity contribution < 1.29 is 9.59 Å². The molecule has 1 aliphatic heterocycles. The number of nitrogens with one attached hydrogen (secondary N) is 1. The first-order valence-corrected chi connectivity index (χ1v) is 7.66. The van der Waals surface area contributed by atoms with Gasteiger partial charge in [-0.15, -0.1) is 11.3 Å². The molecule has 0 aliphatic carbocycles. The Labute approximate surface area is 123 Å². The van der Waals surface area contributed by atoms with Gasteiger partial charge in [0, 0.05) is 23.3 Å². The minimum Gasteiger partial charge on any atom is -0.347 e. The van der Waals surface area contributed by atoms with Crippen LogP contribution in [-0.2, 0) is 21.5 Å². The van der Waals surface area contributed by atoms with Gasteiger partial charge in [-0.3, -0.25) is 9.59 Å². The Balaban J connectivity index is 2.13. The molecule has 0 spiro atoms. The van der Waals surface area contributed by atoms with Crippen LogP contribution in [0, 0.1) is 0 Å². The average Bonchev–Trinajstić information content (AvgIpc) is 2.77. The topological polar surface area (TPSA) is 62.3 Å². The second-order valence-electron chi connectivity index (χ2n) is 6.23. The van der Waals surface area contributed by atoms with Crippen LogP contribution in [0.15, 0.2) is 5.38 Å². The van der Waals surface area contributed by atoms with E-state index >= 15 is 0 Å². The van der Waals surface area contributed by atoms with Gasteiger partial charge in [0.25, 0.3) is 0 Å². The molecule has 2 rings (SSSR count). The van der Waals surface area contributed by atoms with Gasteiger partial charge in [-0.25, -0.2) is 4.98 Å². The Morgan fingerprint density at radius 1 is 1.45 bits per heavy atom. The van der Waals surface area contributed by atoms with Crippen molar-refractivity contribution in [3.8, 4) is 0 Å². The third-order valence-electron chi connectivity index (χ3n) is 3.40. The van der Waals surface area contributed by atoms with E-state index in [0.29, 0.717) is 13.0 Å². The summed E-state index contributed by atoms with van der Waals surface area (Å²) in [6, 6.07) is -0.0908. The van der Waals surface area contributed by atoms with Gasteiger partial charge in [0.1, 0.15) is 5.01 Å². The number of aromatic nitrogens is 1. The fourth-order valence-corrected chi connectivity index (χ4v) is 3.11. The van der Waals surface area contributed by atoms with Crippen LogP contribution in [0.3, 0.4) is 0 Å². The molecule has 1 aliphatic rings. The van der Waals surface area contributed by atoms with Gasteiger partial charge in [0.2, 0.25) is 11.8 Å². The zero-order chi connectivity index (χ0) is 14.9. The molecule has 1 N–H and O–H groups in total. The van der Waals surface area contributed by atoms with Crippen molar-refractivity contribution in [2.75, 3.05) is 6.54 Å². The number of hydrogen-bond donors (Lipinski definition) is 1. The van der Waals surface area contributed by atoms with Gasteiger partial charge in [0.05, 0.1) is 18.8 Å². The first-order valence-electron chi connectivity index (χ1n) is 6.78. The van der Waals surface area contributed by atoms with Gasteiger partial charge in [-0.2, -0.15) is 0 Å². The van der Waals surface area contributed by atoms with Gasteiger partial charge in [-0.05, 0) is 6.92 Å². The summed E-state index contributed by atoms with van der Waals surface area (Å²) in [5, 5.41) is 5.59. The maximum Gasteiger partial charge on any atom is 0.242 e. The fourth-order valence-electron chi connectivity index (χ4n) is 2.09. The maximum absolute atomic E-state index is 12.1. The molecule has 6 heteroatoms. The molecule has 5 nitrogen and oxygen atoms in total. The predicted octanol–water partition coefficient (Wildman–Crippen LogP) is 1.68. The lowest BCUT2D eigenvalue weighted by molar-refractivity contribution is -0.132. The van der Waals surface area contributed by atoms with Crippen LogP contribution in [0.25, 0.3) is 0 Å². The number of thiazole rings is 1. The molecule has 0 saturated carbocycles. The summed E-state index contributed by atoms with van der Waals surface area (Å²) in [6.07, 6.45) is 0.350. The Hall–Kier alpha value is -1.43. The van der Waals surface area contributed by atoms with E-state index in [4.69, 9.17) is 0 Å². The summed E-state index contributed by atoms with van der Waals surface area (Å²) in [4.78, 5) is 29.9. The molecule has 2 heterocycles. The quantitative estimate of drug-likeness (QED) is 0.903. The van der Waals surface area contributed by atoms with Crippen molar-refractivity contribution in [1.29, 1.82) is 0 Å². The van der Waals surface area contributed by atoms with Crippen molar-refractivity contribution >= 4 is 23.2 Å². The van der Waals surface area contributed by atoms with E-state index in [9.17, 15) is 9.59 Å². The standard InChI is InChI=1S/C14H21N3O2S/c1-9-5-11(18)15-6-13(19)17(9)7-12-16-10(8-20-12)14(2,3)4/h8-9H,5-7H2,1-4H3,(H,15,18). The minimum atomic E-state index is -0.0908. The molecule has 1 saturated heterocycles. The first-order chi connectivity index (χ1) is 9.27. The number of hydrogen-bond acceptors (Lipinski definition) is 4. The van der Waals surface area contributed by atoms with Crippen molar-refractivity contribution in [1.82, 2.24) is 15.2 Å². The van der Waals surface area contributed by atoms with Crippen molar-refractivity contribution in [3.63, 3.8) is 0 Å². The van der Waals surface area contributed by atoms with Crippen LogP contribution in [0.4, 0.5) is 0 Å². The van der Waals surface area contributed by atoms with Gasteiger partial charge in [-0.1, -0.05) is 20.8 Å². The average molecular weight is 295 g/mol. The molecule has 1 fully saturated rings. The second kappa shape index (κ2) is 5.52. The zero-order valence-corrected chi connectivity index (χ0v) is 13.2. The largest absolute Gasteiger partial charge is 0.347 e. The summed E-state index contributed by atoms with van der Waals surface area (Å²) < 4.78 is 0. The Bertz CT molecular complexity index is 519. The lowest BCUT2D eigenvalue weighted by atomic mass is 9.93. The van der Waals surface area contributed by atoms with Crippen LogP contribution in [0.2, 0.25) is 0 Å². The van der Waals surface area contributed by atoms with E-state index in [1.165, 1.54) is 0 Å². The van der Waals surface area contributed by atoms with E-state index < -0.39 is 0 Å². The third kappa shape index (κ3) is 3.36. The second-order valence-corrected chi connectivity index (χ2v) is 7.17. The zero-order valence-electron chi connectivity index (χ0n) is 12.4. The van der Waals surface area contributed by atoms with Gasteiger partial charge < -0.3 is 10.2 Å². The summed E-state index contributed by atoms with van der Waals surface area (Å²) in [5.74, 6) is -0.112. The van der Waals surface area contributed by atoms with Gasteiger partial charge >= 0.3 is 0 Å². The van der Waals surface area contributed by atoms with Crippen LogP contribution >= 0.6 is 11.3 Å². The summed E-state index contributed by atoms with van der Waals surface area (Å²) in [6.45, 7) is 8.83. The van der Waals surface area contributed by atoms with E-state index in [1.54, 1.807) is 16.2 Å². The molecule has 0 radical (unpaired) electrons. The number of carbonyl (C=O) groups excluding carboxylic acids is 2. The van der Waals surface area contributed by atoms with Gasteiger partial charge in [0.15, 0.2) is 0 Å². The summed E-state index contributed by atoms with van der Waals surface area (Å²) >= 11 is 1.57. The molecular formula is C14H21N3O2S. The monoisotopic (exact) mass is 295 g/mol. The molecule has 1 unspecified atom stereocenters. The van der Waals surface area contributed by atoms with Crippen LogP contribution in [-0.4, -0.2) is 34.3 Å². The summed E-state index contributed by atoms with van der Waals surface area (Å²) in [7, 11) is 0. The van der Waals surface area contributed by atoms with E-state index in [1.807, 2.05) is 12.3 Å². The fraction of sp³-hybridized carbons (Fsp3) is 0.643. The molecule has 2 amide bonds. The van der Waals surface area contributed by atoms with E-state index in [-0.39, 0.29) is 29.8 Å². The maximum atomic E-state index is 12.1. The van der Waals surface area contributed by atoms with Crippen LogP contribution < -0.4 is 5.32 Å². The molecule has 0 aromatic carbocycles. The summed E-state index contributed by atoms with van der Waals surface area (Å²) in [5.41, 5.74) is 1.06. The van der Waals surface area contributed by atoms with E-state index in [2.05, 4.69) is 31.1 Å². The molecule has 1 aromatic rings. The van der Waals surface area contributed by atoms with Crippen molar-refractivity contribution in [2.45, 2.75) is 52.1 Å². The molecule has 110 valence electrons. The molecular weight excluding hydrogens is 274 g/mol. The van der Waals surface area contributed by atoms with Crippen molar-refractivity contribution in [2.24, 2.45) is 0 Å².